The van der Waals surface area contributed by atoms with Gasteiger partial charge in [-0.15, -0.1) is 11.6 Å². The number of alkyl halides is 1. The standard InChI is InChI=1S/C15H13Cl2NO4S/c1-21-14-9(4-5-10(17)15(14)23(20)7-16)13(19)11-6-12(22-18-11)8-2-3-8/h4-6,8H,2-3,7H2,1H3. The Hall–Kier alpha value is -1.37. The van der Waals surface area contributed by atoms with Crippen LogP contribution in [-0.4, -0.2) is 27.5 Å². The summed E-state index contributed by atoms with van der Waals surface area (Å²) < 4.78 is 22.6. The van der Waals surface area contributed by atoms with Crippen molar-refractivity contribution in [2.24, 2.45) is 0 Å². The summed E-state index contributed by atoms with van der Waals surface area (Å²) in [5.41, 5.74) is 0.413. The minimum Gasteiger partial charge on any atom is -0.495 e. The van der Waals surface area contributed by atoms with Crippen molar-refractivity contribution in [3.8, 4) is 5.75 Å². The first-order valence-electron chi connectivity index (χ1n) is 6.89. The number of rotatable bonds is 6. The molecule has 23 heavy (non-hydrogen) atoms. The van der Waals surface area contributed by atoms with Crippen LogP contribution in [0, 0.1) is 0 Å². The van der Waals surface area contributed by atoms with Gasteiger partial charge in [0.2, 0.25) is 5.78 Å². The van der Waals surface area contributed by atoms with E-state index in [1.54, 1.807) is 6.07 Å². The van der Waals surface area contributed by atoms with E-state index >= 15 is 0 Å². The number of carbonyl (C=O) groups is 1. The topological polar surface area (TPSA) is 69.4 Å². The van der Waals surface area contributed by atoms with E-state index in [9.17, 15) is 9.00 Å². The summed E-state index contributed by atoms with van der Waals surface area (Å²) in [5, 5.41) is 3.91. The SMILES string of the molecule is COc1c(C(=O)c2cc(C3CC3)on2)ccc(Cl)c1S(=O)CCl. The van der Waals surface area contributed by atoms with Gasteiger partial charge in [-0.2, -0.15) is 0 Å². The highest BCUT2D eigenvalue weighted by Crippen LogP contribution is 2.41. The van der Waals surface area contributed by atoms with Crippen LogP contribution in [0.1, 0.15) is 40.6 Å². The van der Waals surface area contributed by atoms with Gasteiger partial charge in [-0.3, -0.25) is 9.00 Å². The number of aromatic nitrogens is 1. The second-order valence-corrected chi connectivity index (χ2v) is 7.51. The van der Waals surface area contributed by atoms with Crippen molar-refractivity contribution >= 4 is 39.8 Å². The van der Waals surface area contributed by atoms with E-state index < -0.39 is 10.8 Å². The number of nitrogens with zero attached hydrogens (tertiary/aromatic N) is 1. The van der Waals surface area contributed by atoms with E-state index in [0.717, 1.165) is 12.8 Å². The molecule has 1 unspecified atom stereocenters. The van der Waals surface area contributed by atoms with E-state index in [1.165, 1.54) is 19.2 Å². The summed E-state index contributed by atoms with van der Waals surface area (Å²) in [4.78, 5) is 12.9. The van der Waals surface area contributed by atoms with E-state index in [2.05, 4.69) is 5.16 Å². The number of hydrogen-bond donors (Lipinski definition) is 0. The number of ketones is 1. The summed E-state index contributed by atoms with van der Waals surface area (Å²) in [5.74, 6) is 0.848. The molecule has 1 aromatic heterocycles. The van der Waals surface area contributed by atoms with Gasteiger partial charge in [0.25, 0.3) is 0 Å². The van der Waals surface area contributed by atoms with E-state index in [1.807, 2.05) is 0 Å². The lowest BCUT2D eigenvalue weighted by Crippen LogP contribution is -2.08. The highest BCUT2D eigenvalue weighted by Gasteiger charge is 2.30. The van der Waals surface area contributed by atoms with Crippen LogP contribution in [0.5, 0.6) is 5.75 Å². The minimum absolute atomic E-state index is 0.149. The van der Waals surface area contributed by atoms with Crippen molar-refractivity contribution in [3.63, 3.8) is 0 Å². The lowest BCUT2D eigenvalue weighted by Gasteiger charge is -2.12. The van der Waals surface area contributed by atoms with Crippen LogP contribution in [0.15, 0.2) is 27.6 Å². The smallest absolute Gasteiger partial charge is 0.218 e. The van der Waals surface area contributed by atoms with Crippen molar-refractivity contribution in [2.75, 3.05) is 12.3 Å². The first kappa shape index (κ1) is 16.5. The Kier molecular flexibility index (Phi) is 4.75. The third kappa shape index (κ3) is 3.16. The number of carbonyl (C=O) groups excluding carboxylic acids is 1. The number of ether oxygens (including phenoxy) is 1. The zero-order valence-electron chi connectivity index (χ0n) is 12.2. The molecule has 0 aliphatic heterocycles. The Morgan fingerprint density at radius 1 is 1.48 bits per heavy atom. The highest BCUT2D eigenvalue weighted by atomic mass is 35.5. The van der Waals surface area contributed by atoms with Crippen LogP contribution in [0.3, 0.4) is 0 Å². The highest BCUT2D eigenvalue weighted by molar-refractivity contribution is 7.86. The maximum Gasteiger partial charge on any atom is 0.218 e. The fourth-order valence-electron chi connectivity index (χ4n) is 2.28. The molecule has 0 bridgehead atoms. The third-order valence-electron chi connectivity index (χ3n) is 3.58. The molecule has 0 radical (unpaired) electrons. The zero-order valence-corrected chi connectivity index (χ0v) is 14.5. The summed E-state index contributed by atoms with van der Waals surface area (Å²) in [6.07, 6.45) is 2.10. The van der Waals surface area contributed by atoms with Gasteiger partial charge in [0, 0.05) is 12.0 Å². The van der Waals surface area contributed by atoms with Gasteiger partial charge in [0.1, 0.15) is 21.6 Å². The van der Waals surface area contributed by atoms with Crippen molar-refractivity contribution in [2.45, 2.75) is 23.7 Å². The Morgan fingerprint density at radius 2 is 2.22 bits per heavy atom. The predicted octanol–water partition coefficient (Wildman–Crippen LogP) is 3.75. The molecular weight excluding hydrogens is 361 g/mol. The molecule has 0 N–H and O–H groups in total. The summed E-state index contributed by atoms with van der Waals surface area (Å²) >= 11 is 11.7. The van der Waals surface area contributed by atoms with Gasteiger partial charge in [0.05, 0.1) is 28.5 Å². The van der Waals surface area contributed by atoms with Crippen molar-refractivity contribution in [1.82, 2.24) is 5.16 Å². The number of hydrogen-bond acceptors (Lipinski definition) is 5. The van der Waals surface area contributed by atoms with Crippen LogP contribution in [0.2, 0.25) is 5.02 Å². The van der Waals surface area contributed by atoms with Gasteiger partial charge in [-0.1, -0.05) is 16.8 Å². The van der Waals surface area contributed by atoms with Gasteiger partial charge in [-0.05, 0) is 25.0 Å². The first-order chi connectivity index (χ1) is 11.1. The third-order valence-corrected chi connectivity index (χ3v) is 5.66. The van der Waals surface area contributed by atoms with Gasteiger partial charge in [0.15, 0.2) is 5.69 Å². The maximum absolute atomic E-state index is 12.7. The number of methoxy groups -OCH3 is 1. The predicted molar refractivity (Wildman–Crippen MR) is 87.0 cm³/mol. The Bertz CT molecular complexity index is 786. The molecule has 1 aromatic carbocycles. The molecule has 122 valence electrons. The van der Waals surface area contributed by atoms with Crippen LogP contribution < -0.4 is 4.74 Å². The Morgan fingerprint density at radius 3 is 2.83 bits per heavy atom. The lowest BCUT2D eigenvalue weighted by atomic mass is 10.1. The van der Waals surface area contributed by atoms with E-state index in [0.29, 0.717) is 11.7 Å². The minimum atomic E-state index is -1.58. The average Bonchev–Trinajstić information content (AvgIpc) is 3.30. The average molecular weight is 374 g/mol. The zero-order chi connectivity index (χ0) is 16.6. The molecule has 1 saturated carbocycles. The molecule has 1 aliphatic carbocycles. The van der Waals surface area contributed by atoms with Crippen molar-refractivity contribution in [1.29, 1.82) is 0 Å². The second-order valence-electron chi connectivity index (χ2n) is 5.13. The van der Waals surface area contributed by atoms with Crippen molar-refractivity contribution < 1.29 is 18.3 Å². The molecule has 8 heteroatoms. The molecule has 5 nitrogen and oxygen atoms in total. The fraction of sp³-hybridized carbons (Fsp3) is 0.333. The van der Waals surface area contributed by atoms with Crippen LogP contribution >= 0.6 is 23.2 Å². The Balaban J connectivity index is 2.03. The van der Waals surface area contributed by atoms with Crippen LogP contribution in [-0.2, 0) is 10.8 Å². The second kappa shape index (κ2) is 6.63. The van der Waals surface area contributed by atoms with E-state index in [4.69, 9.17) is 32.5 Å². The van der Waals surface area contributed by atoms with Gasteiger partial charge < -0.3 is 9.26 Å². The van der Waals surface area contributed by atoms with E-state index in [-0.39, 0.29) is 37.9 Å². The molecule has 1 atom stereocenters. The quantitative estimate of drug-likeness (QED) is 0.569. The largest absolute Gasteiger partial charge is 0.495 e. The maximum atomic E-state index is 12.7. The monoisotopic (exact) mass is 373 g/mol. The van der Waals surface area contributed by atoms with Gasteiger partial charge >= 0.3 is 0 Å². The molecule has 1 heterocycles. The number of benzene rings is 1. The Labute approximate surface area is 145 Å². The van der Waals surface area contributed by atoms with Gasteiger partial charge in [-0.25, -0.2) is 0 Å². The summed E-state index contributed by atoms with van der Waals surface area (Å²) in [6.45, 7) is 0. The normalized spacial score (nSPS) is 15.4. The van der Waals surface area contributed by atoms with Crippen molar-refractivity contribution in [3.05, 3.63) is 40.2 Å². The molecule has 3 rings (SSSR count). The first-order valence-corrected chi connectivity index (χ1v) is 9.12. The van der Waals surface area contributed by atoms with Crippen LogP contribution in [0.4, 0.5) is 0 Å². The molecule has 1 aliphatic rings. The molecule has 0 saturated heterocycles. The fourth-order valence-corrected chi connectivity index (χ4v) is 3.81. The molecular formula is C15H13Cl2NO4S. The molecule has 0 spiro atoms. The molecule has 2 aromatic rings. The molecule has 0 amide bonds. The summed E-state index contributed by atoms with van der Waals surface area (Å²) in [6, 6.07) is 4.66. The molecule has 1 fully saturated rings. The van der Waals surface area contributed by atoms with Crippen LogP contribution in [0.25, 0.3) is 0 Å². The number of halogens is 2. The summed E-state index contributed by atoms with van der Waals surface area (Å²) in [7, 11) is -0.192. The lowest BCUT2D eigenvalue weighted by molar-refractivity contribution is 0.102.